The molecule has 0 unspecified atom stereocenters. The van der Waals surface area contributed by atoms with Gasteiger partial charge < -0.3 is 9.47 Å². The van der Waals surface area contributed by atoms with Crippen LogP contribution in [0, 0.1) is 11.3 Å². The van der Waals surface area contributed by atoms with Gasteiger partial charge in [0.1, 0.15) is 28.5 Å². The van der Waals surface area contributed by atoms with Crippen LogP contribution in [-0.2, 0) is 19.5 Å². The molecule has 6 nitrogen and oxygen atoms in total. The molecule has 0 saturated carbocycles. The van der Waals surface area contributed by atoms with Crippen LogP contribution in [-0.4, -0.2) is 27.2 Å². The number of aromatic nitrogens is 3. The summed E-state index contributed by atoms with van der Waals surface area (Å²) in [5.41, 5.74) is 3.72. The third-order valence-electron chi connectivity index (χ3n) is 6.44. The Kier molecular flexibility index (Phi) is 5.95. The van der Waals surface area contributed by atoms with Crippen LogP contribution in [0.5, 0.6) is 0 Å². The molecule has 5 rings (SSSR count). The van der Waals surface area contributed by atoms with Gasteiger partial charge in [0.2, 0.25) is 0 Å². The van der Waals surface area contributed by atoms with Gasteiger partial charge in [-0.1, -0.05) is 60.7 Å². The van der Waals surface area contributed by atoms with Gasteiger partial charge in [0.25, 0.3) is 5.56 Å². The summed E-state index contributed by atoms with van der Waals surface area (Å²) in [5.74, 6) is 0.835. The lowest BCUT2D eigenvalue weighted by Crippen LogP contribution is -2.32. The third kappa shape index (κ3) is 4.14. The zero-order chi connectivity index (χ0) is 22.6. The Bertz CT molecular complexity index is 1340. The maximum Gasteiger partial charge on any atom is 0.277 e. The maximum absolute atomic E-state index is 13.7. The van der Waals surface area contributed by atoms with Crippen LogP contribution in [0.4, 0.5) is 5.82 Å². The number of aryl methyl sites for hydroxylation is 2. The van der Waals surface area contributed by atoms with Crippen molar-refractivity contribution in [1.82, 2.24) is 14.1 Å². The van der Waals surface area contributed by atoms with Crippen molar-refractivity contribution in [3.8, 4) is 6.07 Å². The minimum absolute atomic E-state index is 0.0911. The van der Waals surface area contributed by atoms with Crippen LogP contribution in [0.3, 0.4) is 0 Å². The van der Waals surface area contributed by atoms with E-state index in [4.69, 9.17) is 0 Å². The molecule has 1 saturated heterocycles. The first-order chi connectivity index (χ1) is 16.3. The van der Waals surface area contributed by atoms with E-state index in [0.29, 0.717) is 29.7 Å². The van der Waals surface area contributed by atoms with Gasteiger partial charge in [0, 0.05) is 26.2 Å². The smallest absolute Gasteiger partial charge is 0.277 e. The third-order valence-corrected chi connectivity index (χ3v) is 6.44. The normalized spacial score (nSPS) is 13.8. The molecule has 0 amide bonds. The second kappa shape index (κ2) is 9.33. The molecule has 6 heteroatoms. The van der Waals surface area contributed by atoms with E-state index in [-0.39, 0.29) is 5.56 Å². The molecule has 1 aliphatic heterocycles. The molecule has 0 atom stereocenters. The number of nitrogens with zero attached hydrogens (tertiary/aromatic N) is 5. The van der Waals surface area contributed by atoms with E-state index < -0.39 is 0 Å². The van der Waals surface area contributed by atoms with Gasteiger partial charge in [-0.15, -0.1) is 0 Å². The molecular weight excluding hydrogens is 410 g/mol. The summed E-state index contributed by atoms with van der Waals surface area (Å²) in [6, 6.07) is 22.6. The first-order valence-electron chi connectivity index (χ1n) is 11.6. The molecule has 0 spiro atoms. The zero-order valence-corrected chi connectivity index (χ0v) is 18.7. The largest absolute Gasteiger partial charge is 0.357 e. The van der Waals surface area contributed by atoms with E-state index >= 15 is 0 Å². The summed E-state index contributed by atoms with van der Waals surface area (Å²) in [5, 5.41) is 10.1. The van der Waals surface area contributed by atoms with Crippen LogP contribution in [0.2, 0.25) is 0 Å². The van der Waals surface area contributed by atoms with Crippen molar-refractivity contribution in [2.75, 3.05) is 18.0 Å². The van der Waals surface area contributed by atoms with Crippen LogP contribution in [0.1, 0.15) is 36.0 Å². The molecule has 0 bridgehead atoms. The van der Waals surface area contributed by atoms with Crippen LogP contribution >= 0.6 is 0 Å². The predicted octanol–water partition coefficient (Wildman–Crippen LogP) is 4.35. The summed E-state index contributed by atoms with van der Waals surface area (Å²) in [4.78, 5) is 20.6. The number of nitriles is 1. The summed E-state index contributed by atoms with van der Waals surface area (Å²) in [6.07, 6.45) is 5.72. The number of rotatable bonds is 6. The minimum Gasteiger partial charge on any atom is -0.357 e. The summed E-state index contributed by atoms with van der Waals surface area (Å²) < 4.78 is 3.71. The highest BCUT2D eigenvalue weighted by Gasteiger charge is 2.26. The molecule has 1 fully saturated rings. The quantitative estimate of drug-likeness (QED) is 0.450. The zero-order valence-electron chi connectivity index (χ0n) is 18.7. The fourth-order valence-corrected chi connectivity index (χ4v) is 4.76. The van der Waals surface area contributed by atoms with Crippen molar-refractivity contribution >= 4 is 16.9 Å². The topological polar surface area (TPSA) is 66.8 Å². The van der Waals surface area contributed by atoms with Gasteiger partial charge >= 0.3 is 0 Å². The summed E-state index contributed by atoms with van der Waals surface area (Å²) in [7, 11) is 0. The number of anilines is 1. The molecular formula is C27H27N5O. The SMILES string of the molecule is N#Cc1c(N2CCCCC2)n(Cc2ccccc2)c2c(=O)n(CCc3ccccc3)cnc12. The number of benzene rings is 2. The Hall–Kier alpha value is -3.85. The van der Waals surface area contributed by atoms with E-state index in [1.54, 1.807) is 10.9 Å². The second-order valence-corrected chi connectivity index (χ2v) is 8.61. The number of hydrogen-bond acceptors (Lipinski definition) is 4. The summed E-state index contributed by atoms with van der Waals surface area (Å²) >= 11 is 0. The van der Waals surface area contributed by atoms with Gasteiger partial charge in [0.15, 0.2) is 0 Å². The second-order valence-electron chi connectivity index (χ2n) is 8.61. The fraction of sp³-hybridized carbons (Fsp3) is 0.296. The Morgan fingerprint density at radius 1 is 0.909 bits per heavy atom. The monoisotopic (exact) mass is 437 g/mol. The number of piperidine rings is 1. The lowest BCUT2D eigenvalue weighted by Gasteiger charge is -2.30. The fourth-order valence-electron chi connectivity index (χ4n) is 4.76. The van der Waals surface area contributed by atoms with E-state index in [0.717, 1.165) is 43.7 Å². The van der Waals surface area contributed by atoms with Crippen LogP contribution in [0.15, 0.2) is 71.8 Å². The highest BCUT2D eigenvalue weighted by atomic mass is 16.1. The molecule has 0 aliphatic carbocycles. The Balaban J connectivity index is 1.64. The first-order valence-corrected chi connectivity index (χ1v) is 11.6. The average molecular weight is 438 g/mol. The Morgan fingerprint density at radius 3 is 2.24 bits per heavy atom. The molecule has 0 radical (unpaired) electrons. The molecule has 1 aliphatic rings. The lowest BCUT2D eigenvalue weighted by molar-refractivity contribution is 0.564. The van der Waals surface area contributed by atoms with Crippen molar-refractivity contribution in [3.05, 3.63) is 94.0 Å². The Morgan fingerprint density at radius 2 is 1.58 bits per heavy atom. The van der Waals surface area contributed by atoms with Gasteiger partial charge in [-0.2, -0.15) is 5.26 Å². The van der Waals surface area contributed by atoms with Crippen LogP contribution < -0.4 is 10.5 Å². The van der Waals surface area contributed by atoms with Crippen molar-refractivity contribution in [2.45, 2.75) is 38.8 Å². The first kappa shape index (κ1) is 21.0. The van der Waals surface area contributed by atoms with Crippen molar-refractivity contribution in [2.24, 2.45) is 0 Å². The van der Waals surface area contributed by atoms with Crippen molar-refractivity contribution in [3.63, 3.8) is 0 Å². The number of fused-ring (bicyclic) bond motifs is 1. The van der Waals surface area contributed by atoms with Crippen molar-refractivity contribution < 1.29 is 0 Å². The molecule has 2 aromatic heterocycles. The molecule has 166 valence electrons. The highest BCUT2D eigenvalue weighted by Crippen LogP contribution is 2.32. The molecule has 2 aromatic carbocycles. The van der Waals surface area contributed by atoms with Gasteiger partial charge in [-0.3, -0.25) is 9.36 Å². The minimum atomic E-state index is -0.0911. The molecule has 0 N–H and O–H groups in total. The average Bonchev–Trinajstić information content (AvgIpc) is 3.19. The van der Waals surface area contributed by atoms with E-state index in [9.17, 15) is 10.1 Å². The van der Waals surface area contributed by atoms with E-state index in [2.05, 4.69) is 40.2 Å². The van der Waals surface area contributed by atoms with E-state index in [1.165, 1.54) is 12.0 Å². The predicted molar refractivity (Wildman–Crippen MR) is 130 cm³/mol. The van der Waals surface area contributed by atoms with Gasteiger partial charge in [-0.05, 0) is 36.8 Å². The molecule has 3 heterocycles. The summed E-state index contributed by atoms with van der Waals surface area (Å²) in [6.45, 7) is 2.86. The van der Waals surface area contributed by atoms with Gasteiger partial charge in [-0.25, -0.2) is 4.98 Å². The number of hydrogen-bond donors (Lipinski definition) is 0. The standard InChI is InChI=1S/C27H27N5O/c28-18-23-24-25(27(33)31(20-29-24)17-14-21-10-4-1-5-11-21)32(19-22-12-6-2-7-13-22)26(23)30-15-8-3-9-16-30/h1-2,4-7,10-13,20H,3,8-9,14-17,19H2. The lowest BCUT2D eigenvalue weighted by atomic mass is 10.1. The molecule has 33 heavy (non-hydrogen) atoms. The van der Waals surface area contributed by atoms with Crippen LogP contribution in [0.25, 0.3) is 11.0 Å². The molecule has 4 aromatic rings. The van der Waals surface area contributed by atoms with Gasteiger partial charge in [0.05, 0.1) is 6.33 Å². The van der Waals surface area contributed by atoms with E-state index in [1.807, 2.05) is 41.0 Å². The maximum atomic E-state index is 13.7. The highest BCUT2D eigenvalue weighted by molar-refractivity contribution is 5.89. The Labute approximate surface area is 193 Å². The van der Waals surface area contributed by atoms with Crippen molar-refractivity contribution in [1.29, 1.82) is 5.26 Å².